The third-order valence-electron chi connectivity index (χ3n) is 6.63. The van der Waals surface area contributed by atoms with Crippen LogP contribution in [0.4, 0.5) is 0 Å². The summed E-state index contributed by atoms with van der Waals surface area (Å²) in [5.74, 6) is 3.44. The Balaban J connectivity index is 3.83. The van der Waals surface area contributed by atoms with E-state index in [0.29, 0.717) is 11.8 Å². The van der Waals surface area contributed by atoms with Crippen molar-refractivity contribution in [2.24, 2.45) is 11.8 Å². The van der Waals surface area contributed by atoms with Gasteiger partial charge in [-0.2, -0.15) is 0 Å². The maximum atomic E-state index is 9.60. The molecule has 0 rings (SSSR count). The van der Waals surface area contributed by atoms with Crippen molar-refractivity contribution < 1.29 is 28.6 Å². The van der Waals surface area contributed by atoms with E-state index in [1.165, 1.54) is 37.9 Å². The first kappa shape index (κ1) is 34.2. The summed E-state index contributed by atoms with van der Waals surface area (Å²) in [6.45, 7) is 4.41. The summed E-state index contributed by atoms with van der Waals surface area (Å²) in [6, 6.07) is 1.72. The maximum absolute atomic E-state index is 9.60. The SMILES string of the molecule is CCC(CCCCSSSCCCCC(CC)C[Si](OC)(OC)OC)C[Si](CO)(CO)CO. The Bertz CT molecular complexity index is 392. The van der Waals surface area contributed by atoms with Gasteiger partial charge in [-0.05, 0) is 40.5 Å². The Morgan fingerprint density at radius 1 is 0.667 bits per heavy atom. The molecule has 0 saturated carbocycles. The molecule has 2 atom stereocenters. The van der Waals surface area contributed by atoms with Gasteiger partial charge in [-0.1, -0.05) is 74.0 Å². The van der Waals surface area contributed by atoms with Crippen LogP contribution < -0.4 is 0 Å². The van der Waals surface area contributed by atoms with Crippen LogP contribution >= 0.6 is 31.4 Å². The van der Waals surface area contributed by atoms with Crippen LogP contribution in [-0.2, 0) is 13.3 Å². The van der Waals surface area contributed by atoms with E-state index in [9.17, 15) is 15.3 Å². The summed E-state index contributed by atoms with van der Waals surface area (Å²) in [5.41, 5.74) is 0. The fourth-order valence-electron chi connectivity index (χ4n) is 4.00. The molecule has 0 amide bonds. The molecule has 0 aromatic rings. The first-order valence-electron chi connectivity index (χ1n) is 12.3. The first-order valence-corrected chi connectivity index (χ1v) is 20.9. The average Bonchev–Trinajstić information content (AvgIpc) is 2.87. The van der Waals surface area contributed by atoms with Crippen molar-refractivity contribution in [3.8, 4) is 0 Å². The smallest absolute Gasteiger partial charge is 0.399 e. The van der Waals surface area contributed by atoms with E-state index < -0.39 is 16.9 Å². The Hall–Kier alpha value is 1.24. The number of rotatable bonds is 24. The highest BCUT2D eigenvalue weighted by molar-refractivity contribution is 9.09. The summed E-state index contributed by atoms with van der Waals surface area (Å²) < 4.78 is 16.7. The van der Waals surface area contributed by atoms with E-state index in [2.05, 4.69) is 13.8 Å². The molecule has 0 bridgehead atoms. The normalized spacial score (nSPS) is 14.5. The predicted octanol–water partition coefficient (Wildman–Crippen LogP) is 5.33. The molecule has 11 heteroatoms. The largest absolute Gasteiger partial charge is 0.500 e. The highest BCUT2D eigenvalue weighted by Crippen LogP contribution is 2.36. The zero-order valence-electron chi connectivity index (χ0n) is 21.6. The molecule has 0 aliphatic rings. The summed E-state index contributed by atoms with van der Waals surface area (Å²) >= 11 is 0. The van der Waals surface area contributed by atoms with Gasteiger partial charge in [0.15, 0.2) is 0 Å². The van der Waals surface area contributed by atoms with Crippen molar-refractivity contribution in [3.63, 3.8) is 0 Å². The first-order chi connectivity index (χ1) is 15.9. The van der Waals surface area contributed by atoms with Crippen molar-refractivity contribution >= 4 is 48.3 Å². The number of aliphatic hydroxyl groups excluding tert-OH is 3. The van der Waals surface area contributed by atoms with E-state index in [1.54, 1.807) is 21.3 Å². The molecule has 6 nitrogen and oxygen atoms in total. The van der Waals surface area contributed by atoms with Crippen LogP contribution in [0.3, 0.4) is 0 Å². The van der Waals surface area contributed by atoms with Crippen LogP contribution in [0.25, 0.3) is 0 Å². The molecule has 0 saturated heterocycles. The van der Waals surface area contributed by atoms with Crippen LogP contribution in [0.1, 0.15) is 65.2 Å². The van der Waals surface area contributed by atoms with Gasteiger partial charge in [-0.15, -0.1) is 0 Å². The fraction of sp³-hybridized carbons (Fsp3) is 1.00. The zero-order valence-corrected chi connectivity index (χ0v) is 26.0. The molecular formula is C22H50O6S3Si2. The number of hydrogen-bond acceptors (Lipinski definition) is 9. The monoisotopic (exact) mass is 562 g/mol. The molecule has 2 unspecified atom stereocenters. The third-order valence-corrected chi connectivity index (χ3v) is 17.4. The third kappa shape index (κ3) is 14.5. The van der Waals surface area contributed by atoms with E-state index in [0.717, 1.165) is 37.1 Å². The standard InChI is InChI=1S/C22H50O6S3Si2/c1-6-21(16-32(18-23,19-24)20-25)12-8-10-14-29-31-30-15-11-9-13-22(7-2)17-33(26-3,27-4)28-5/h21-25H,6-20H2,1-5H3. The van der Waals surface area contributed by atoms with Crippen molar-refractivity contribution in [3.05, 3.63) is 0 Å². The molecule has 0 radical (unpaired) electrons. The molecule has 33 heavy (non-hydrogen) atoms. The topological polar surface area (TPSA) is 88.4 Å². The molecule has 3 N–H and O–H groups in total. The summed E-state index contributed by atoms with van der Waals surface area (Å²) in [5, 5.41) is 28.8. The van der Waals surface area contributed by atoms with Gasteiger partial charge in [-0.3, -0.25) is 0 Å². The molecule has 0 heterocycles. The van der Waals surface area contributed by atoms with Gasteiger partial charge < -0.3 is 28.6 Å². The van der Waals surface area contributed by atoms with E-state index in [-0.39, 0.29) is 18.7 Å². The Morgan fingerprint density at radius 3 is 1.45 bits per heavy atom. The maximum Gasteiger partial charge on any atom is 0.500 e. The van der Waals surface area contributed by atoms with Crippen LogP contribution in [0.5, 0.6) is 0 Å². The quantitative estimate of drug-likeness (QED) is 0.0820. The van der Waals surface area contributed by atoms with Gasteiger partial charge in [0.05, 0.1) is 0 Å². The fourth-order valence-corrected chi connectivity index (χ4v) is 12.6. The van der Waals surface area contributed by atoms with E-state index in [1.807, 2.05) is 31.4 Å². The lowest BCUT2D eigenvalue weighted by Gasteiger charge is -2.29. The highest BCUT2D eigenvalue weighted by Gasteiger charge is 2.39. The Morgan fingerprint density at radius 2 is 1.09 bits per heavy atom. The molecule has 0 aromatic carbocycles. The van der Waals surface area contributed by atoms with E-state index >= 15 is 0 Å². The van der Waals surface area contributed by atoms with E-state index in [4.69, 9.17) is 13.3 Å². The zero-order chi connectivity index (χ0) is 25.0. The second-order valence-corrected chi connectivity index (χ2v) is 20.8. The number of aliphatic hydroxyl groups is 3. The molecule has 0 aliphatic carbocycles. The second-order valence-electron chi connectivity index (χ2n) is 8.93. The van der Waals surface area contributed by atoms with Crippen LogP contribution in [0, 0.1) is 11.8 Å². The minimum atomic E-state index is -2.47. The molecule has 0 spiro atoms. The second kappa shape index (κ2) is 21.3. The van der Waals surface area contributed by atoms with Gasteiger partial charge in [0.1, 0.15) is 8.07 Å². The van der Waals surface area contributed by atoms with Gasteiger partial charge in [0.25, 0.3) is 0 Å². The summed E-state index contributed by atoms with van der Waals surface area (Å²) in [7, 11) is 6.14. The molecule has 0 aromatic heterocycles. The van der Waals surface area contributed by atoms with Crippen LogP contribution in [0.2, 0.25) is 12.1 Å². The van der Waals surface area contributed by atoms with Gasteiger partial charge in [0.2, 0.25) is 0 Å². The average molecular weight is 563 g/mol. The number of unbranched alkanes of at least 4 members (excludes halogenated alkanes) is 2. The minimum absolute atomic E-state index is 0.0186. The molecular weight excluding hydrogens is 513 g/mol. The summed E-state index contributed by atoms with van der Waals surface area (Å²) in [4.78, 5) is 0. The Kier molecular flexibility index (Phi) is 22.1. The lowest BCUT2D eigenvalue weighted by atomic mass is 10.0. The summed E-state index contributed by atoms with van der Waals surface area (Å²) in [6.07, 6.45) is 9.30. The predicted molar refractivity (Wildman–Crippen MR) is 151 cm³/mol. The number of hydrogen-bond donors (Lipinski definition) is 3. The molecule has 200 valence electrons. The molecule has 0 aliphatic heterocycles. The van der Waals surface area contributed by atoms with Crippen LogP contribution in [0.15, 0.2) is 0 Å². The Labute approximate surface area is 216 Å². The minimum Gasteiger partial charge on any atom is -0.399 e. The van der Waals surface area contributed by atoms with Crippen LogP contribution in [-0.4, -0.2) is 83.7 Å². The van der Waals surface area contributed by atoms with Crippen molar-refractivity contribution in [2.45, 2.75) is 77.3 Å². The van der Waals surface area contributed by atoms with Gasteiger partial charge in [-0.25, -0.2) is 0 Å². The molecule has 0 fully saturated rings. The van der Waals surface area contributed by atoms with Gasteiger partial charge in [0, 0.05) is 57.6 Å². The van der Waals surface area contributed by atoms with Crippen molar-refractivity contribution in [1.29, 1.82) is 0 Å². The lowest BCUT2D eigenvalue weighted by Crippen LogP contribution is -2.49. The van der Waals surface area contributed by atoms with Crippen molar-refractivity contribution in [1.82, 2.24) is 0 Å². The van der Waals surface area contributed by atoms with Gasteiger partial charge >= 0.3 is 8.80 Å². The lowest BCUT2D eigenvalue weighted by molar-refractivity contribution is 0.117. The van der Waals surface area contributed by atoms with Crippen molar-refractivity contribution in [2.75, 3.05) is 51.5 Å². The highest BCUT2D eigenvalue weighted by atomic mass is 33.5.